The van der Waals surface area contributed by atoms with Crippen molar-refractivity contribution in [2.75, 3.05) is 13.2 Å². The predicted octanol–water partition coefficient (Wildman–Crippen LogP) is 3.23. The number of para-hydroxylation sites is 1. The smallest absolute Gasteiger partial charge is 0.191 e. The van der Waals surface area contributed by atoms with E-state index in [9.17, 15) is 5.11 Å². The van der Waals surface area contributed by atoms with Crippen molar-refractivity contribution in [2.45, 2.75) is 51.3 Å². The molecule has 1 aromatic carbocycles. The molecule has 1 aliphatic carbocycles. The first kappa shape index (κ1) is 21.8. The molecule has 0 saturated heterocycles. The van der Waals surface area contributed by atoms with Crippen LogP contribution in [-0.2, 0) is 6.54 Å². The zero-order valence-electron chi connectivity index (χ0n) is 14.9. The lowest BCUT2D eigenvalue weighted by Crippen LogP contribution is -2.45. The van der Waals surface area contributed by atoms with Gasteiger partial charge in [-0.3, -0.25) is 0 Å². The summed E-state index contributed by atoms with van der Waals surface area (Å²) in [5, 5.41) is 16.4. The predicted molar refractivity (Wildman–Crippen MR) is 114 cm³/mol. The molecule has 0 aliphatic heterocycles. The van der Waals surface area contributed by atoms with E-state index < -0.39 is 0 Å². The standard InChI is InChI=1S/C19H29N3O2.HI/c1-3-13-24-18-8-6-5-7-15(18)14-21-19(20-4-2)22-16-9-11-17(23)12-10-16;/h3,5-8,16-17,23H,1,4,9-14H2,2H3,(H2,20,21,22);1H. The van der Waals surface area contributed by atoms with Crippen LogP contribution >= 0.6 is 24.0 Å². The molecule has 0 spiro atoms. The highest BCUT2D eigenvalue weighted by Crippen LogP contribution is 2.20. The Labute approximate surface area is 168 Å². The van der Waals surface area contributed by atoms with Crippen LogP contribution < -0.4 is 15.4 Å². The Kier molecular flexibility index (Phi) is 10.6. The lowest BCUT2D eigenvalue weighted by Gasteiger charge is -2.27. The Morgan fingerprint density at radius 3 is 2.72 bits per heavy atom. The molecule has 0 radical (unpaired) electrons. The van der Waals surface area contributed by atoms with Crippen molar-refractivity contribution >= 4 is 29.9 Å². The number of hydrogen-bond acceptors (Lipinski definition) is 3. The van der Waals surface area contributed by atoms with Gasteiger partial charge in [-0.2, -0.15) is 0 Å². The Balaban J connectivity index is 0.00000312. The third-order valence-electron chi connectivity index (χ3n) is 4.12. The number of halogens is 1. The second-order valence-corrected chi connectivity index (χ2v) is 6.05. The van der Waals surface area contributed by atoms with E-state index in [4.69, 9.17) is 9.73 Å². The first-order chi connectivity index (χ1) is 11.7. The van der Waals surface area contributed by atoms with E-state index in [1.165, 1.54) is 0 Å². The Bertz CT molecular complexity index is 543. The van der Waals surface area contributed by atoms with Gasteiger partial charge in [0.15, 0.2) is 5.96 Å². The molecule has 0 unspecified atom stereocenters. The van der Waals surface area contributed by atoms with Crippen LogP contribution in [-0.4, -0.2) is 36.4 Å². The van der Waals surface area contributed by atoms with Crippen LogP contribution in [0, 0.1) is 0 Å². The highest BCUT2D eigenvalue weighted by atomic mass is 127. The molecule has 3 N–H and O–H groups in total. The normalized spacial score (nSPS) is 20.3. The summed E-state index contributed by atoms with van der Waals surface area (Å²) in [6.07, 6.45) is 5.26. The Morgan fingerprint density at radius 2 is 2.04 bits per heavy atom. The van der Waals surface area contributed by atoms with Crippen LogP contribution in [0.1, 0.15) is 38.2 Å². The number of hydrogen-bond donors (Lipinski definition) is 3. The summed E-state index contributed by atoms with van der Waals surface area (Å²) in [4.78, 5) is 4.69. The van der Waals surface area contributed by atoms with E-state index in [0.717, 1.165) is 49.5 Å². The second-order valence-electron chi connectivity index (χ2n) is 6.05. The summed E-state index contributed by atoms with van der Waals surface area (Å²) >= 11 is 0. The van der Waals surface area contributed by atoms with Gasteiger partial charge in [-0.05, 0) is 38.7 Å². The number of benzene rings is 1. The zero-order valence-corrected chi connectivity index (χ0v) is 17.2. The van der Waals surface area contributed by atoms with Gasteiger partial charge in [0.25, 0.3) is 0 Å². The van der Waals surface area contributed by atoms with Crippen LogP contribution in [0.4, 0.5) is 0 Å². The second kappa shape index (κ2) is 12.1. The molecule has 0 bridgehead atoms. The number of rotatable bonds is 7. The van der Waals surface area contributed by atoms with E-state index in [1.54, 1.807) is 6.08 Å². The summed E-state index contributed by atoms with van der Waals surface area (Å²) in [6.45, 7) is 7.60. The van der Waals surface area contributed by atoms with E-state index in [1.807, 2.05) is 24.3 Å². The maximum absolute atomic E-state index is 9.62. The molecule has 1 fully saturated rings. The molecule has 140 valence electrons. The summed E-state index contributed by atoms with van der Waals surface area (Å²) in [5.41, 5.74) is 1.05. The molecular formula is C19H30IN3O2. The highest BCUT2D eigenvalue weighted by Gasteiger charge is 2.19. The van der Waals surface area contributed by atoms with Gasteiger partial charge in [0.2, 0.25) is 0 Å². The summed E-state index contributed by atoms with van der Waals surface area (Å²) < 4.78 is 5.68. The van der Waals surface area contributed by atoms with Gasteiger partial charge in [-0.1, -0.05) is 30.9 Å². The molecule has 0 heterocycles. The molecule has 0 atom stereocenters. The topological polar surface area (TPSA) is 65.9 Å². The Morgan fingerprint density at radius 1 is 1.32 bits per heavy atom. The molecule has 1 aliphatic rings. The lowest BCUT2D eigenvalue weighted by molar-refractivity contribution is 0.120. The van der Waals surface area contributed by atoms with Crippen molar-refractivity contribution in [3.05, 3.63) is 42.5 Å². The molecule has 1 saturated carbocycles. The Hall–Kier alpha value is -1.28. The number of aliphatic imine (C=N–C) groups is 1. The number of nitrogens with one attached hydrogen (secondary N) is 2. The van der Waals surface area contributed by atoms with E-state index in [2.05, 4.69) is 24.1 Å². The van der Waals surface area contributed by atoms with Gasteiger partial charge in [-0.25, -0.2) is 4.99 Å². The van der Waals surface area contributed by atoms with Gasteiger partial charge in [0, 0.05) is 18.2 Å². The third-order valence-corrected chi connectivity index (χ3v) is 4.12. The van der Waals surface area contributed by atoms with Crippen LogP contribution in [0.3, 0.4) is 0 Å². The van der Waals surface area contributed by atoms with Gasteiger partial charge < -0.3 is 20.5 Å². The van der Waals surface area contributed by atoms with Crippen molar-refractivity contribution in [1.29, 1.82) is 0 Å². The molecule has 6 heteroatoms. The van der Waals surface area contributed by atoms with Crippen LogP contribution in [0.5, 0.6) is 5.75 Å². The molecule has 0 amide bonds. The maximum Gasteiger partial charge on any atom is 0.191 e. The minimum absolute atomic E-state index is 0. The van der Waals surface area contributed by atoms with E-state index in [0.29, 0.717) is 19.2 Å². The average molecular weight is 459 g/mol. The van der Waals surface area contributed by atoms with Crippen molar-refractivity contribution < 1.29 is 9.84 Å². The average Bonchev–Trinajstić information content (AvgIpc) is 2.60. The zero-order chi connectivity index (χ0) is 17.2. The molecule has 25 heavy (non-hydrogen) atoms. The van der Waals surface area contributed by atoms with Crippen LogP contribution in [0.15, 0.2) is 41.9 Å². The van der Waals surface area contributed by atoms with Gasteiger partial charge >= 0.3 is 0 Å². The van der Waals surface area contributed by atoms with Crippen LogP contribution in [0.2, 0.25) is 0 Å². The fourth-order valence-electron chi connectivity index (χ4n) is 2.82. The van der Waals surface area contributed by atoms with Crippen molar-refractivity contribution in [3.8, 4) is 5.75 Å². The molecule has 5 nitrogen and oxygen atoms in total. The number of guanidine groups is 1. The highest BCUT2D eigenvalue weighted by molar-refractivity contribution is 14.0. The fraction of sp³-hybridized carbons (Fsp3) is 0.526. The lowest BCUT2D eigenvalue weighted by atomic mass is 9.93. The van der Waals surface area contributed by atoms with E-state index in [-0.39, 0.29) is 30.1 Å². The van der Waals surface area contributed by atoms with Crippen molar-refractivity contribution in [1.82, 2.24) is 10.6 Å². The third kappa shape index (κ3) is 7.64. The molecule has 2 rings (SSSR count). The number of aliphatic hydroxyl groups is 1. The van der Waals surface area contributed by atoms with Gasteiger partial charge in [-0.15, -0.1) is 24.0 Å². The molecule has 0 aromatic heterocycles. The molecule has 1 aromatic rings. The summed E-state index contributed by atoms with van der Waals surface area (Å²) in [7, 11) is 0. The SMILES string of the molecule is C=CCOc1ccccc1CN=C(NCC)NC1CCC(O)CC1.I. The quantitative estimate of drug-likeness (QED) is 0.254. The van der Waals surface area contributed by atoms with E-state index >= 15 is 0 Å². The number of ether oxygens (including phenoxy) is 1. The largest absolute Gasteiger partial charge is 0.489 e. The first-order valence-electron chi connectivity index (χ1n) is 8.77. The monoisotopic (exact) mass is 459 g/mol. The fourth-order valence-corrected chi connectivity index (χ4v) is 2.82. The van der Waals surface area contributed by atoms with Crippen molar-refractivity contribution in [2.24, 2.45) is 4.99 Å². The van der Waals surface area contributed by atoms with Gasteiger partial charge in [0.1, 0.15) is 12.4 Å². The maximum atomic E-state index is 9.62. The van der Waals surface area contributed by atoms with Crippen molar-refractivity contribution in [3.63, 3.8) is 0 Å². The molecular weight excluding hydrogens is 429 g/mol. The minimum atomic E-state index is -0.142. The summed E-state index contributed by atoms with van der Waals surface area (Å²) in [6, 6.07) is 8.31. The van der Waals surface area contributed by atoms with Gasteiger partial charge in [0.05, 0.1) is 12.6 Å². The summed E-state index contributed by atoms with van der Waals surface area (Å²) in [5.74, 6) is 1.66. The number of aliphatic hydroxyl groups excluding tert-OH is 1. The minimum Gasteiger partial charge on any atom is -0.489 e. The number of nitrogens with zero attached hydrogens (tertiary/aromatic N) is 1. The van der Waals surface area contributed by atoms with Crippen LogP contribution in [0.25, 0.3) is 0 Å². The first-order valence-corrected chi connectivity index (χ1v) is 8.77.